The van der Waals surface area contributed by atoms with Crippen molar-refractivity contribution in [3.63, 3.8) is 0 Å². The second-order valence-electron chi connectivity index (χ2n) is 6.07. The highest BCUT2D eigenvalue weighted by Crippen LogP contribution is 2.36. The number of hydrogen-bond donors (Lipinski definition) is 0. The molecule has 2 unspecified atom stereocenters. The van der Waals surface area contributed by atoms with Crippen molar-refractivity contribution in [3.05, 3.63) is 58.9 Å². The fraction of sp³-hybridized carbons (Fsp3) is 0.222. The Balaban J connectivity index is 1.67. The van der Waals surface area contributed by atoms with E-state index in [1.54, 1.807) is 12.1 Å². The zero-order valence-corrected chi connectivity index (χ0v) is 14.5. The molecule has 2 aromatic rings. The van der Waals surface area contributed by atoms with Crippen LogP contribution in [0, 0.1) is 5.82 Å². The number of halogens is 2. The average molecular weight is 373 g/mol. The van der Waals surface area contributed by atoms with Crippen LogP contribution in [0.5, 0.6) is 0 Å². The molecule has 0 radical (unpaired) electrons. The summed E-state index contributed by atoms with van der Waals surface area (Å²) in [6.07, 6.45) is 0.862. The topological polar surface area (TPSA) is 65.3 Å². The molecular formula is C18H14ClFN4O2. The SMILES string of the molecule is CCc1ccc(N2C(=O)C3N=NN(c4ccc(F)c(Cl)c4)C3C2=O)cc1. The lowest BCUT2D eigenvalue weighted by molar-refractivity contribution is -0.121. The van der Waals surface area contributed by atoms with Gasteiger partial charge in [0.25, 0.3) is 11.8 Å². The quantitative estimate of drug-likeness (QED) is 0.774. The lowest BCUT2D eigenvalue weighted by Crippen LogP contribution is -2.39. The van der Waals surface area contributed by atoms with Gasteiger partial charge >= 0.3 is 0 Å². The summed E-state index contributed by atoms with van der Waals surface area (Å²) in [5.41, 5.74) is 2.01. The van der Waals surface area contributed by atoms with E-state index in [0.29, 0.717) is 11.4 Å². The van der Waals surface area contributed by atoms with Gasteiger partial charge in [-0.05, 0) is 42.3 Å². The lowest BCUT2D eigenvalue weighted by atomic mass is 10.1. The summed E-state index contributed by atoms with van der Waals surface area (Å²) in [5, 5.41) is 9.10. The number of fused-ring (bicyclic) bond motifs is 1. The van der Waals surface area contributed by atoms with Gasteiger partial charge in [0, 0.05) is 0 Å². The van der Waals surface area contributed by atoms with Gasteiger partial charge in [0.05, 0.1) is 16.4 Å². The molecule has 0 aromatic heterocycles. The van der Waals surface area contributed by atoms with Crippen LogP contribution in [-0.4, -0.2) is 23.9 Å². The standard InChI is InChI=1S/C18H14ClFN4O2/c1-2-10-3-5-11(6-4-10)23-17(25)15-16(18(23)26)24(22-21-15)12-7-8-14(20)13(19)9-12/h3-9,15-16H,2H2,1H3. The smallest absolute Gasteiger partial charge is 0.263 e. The van der Waals surface area contributed by atoms with Crippen molar-refractivity contribution in [2.75, 3.05) is 9.91 Å². The maximum Gasteiger partial charge on any atom is 0.263 e. The minimum Gasteiger partial charge on any atom is -0.271 e. The lowest BCUT2D eigenvalue weighted by Gasteiger charge is -2.21. The molecular weight excluding hydrogens is 359 g/mol. The van der Waals surface area contributed by atoms with E-state index in [2.05, 4.69) is 10.3 Å². The van der Waals surface area contributed by atoms with Crippen LogP contribution < -0.4 is 9.91 Å². The van der Waals surface area contributed by atoms with Gasteiger partial charge in [-0.3, -0.25) is 9.59 Å². The molecule has 1 fully saturated rings. The molecule has 2 aromatic carbocycles. The van der Waals surface area contributed by atoms with E-state index < -0.39 is 29.7 Å². The molecule has 26 heavy (non-hydrogen) atoms. The summed E-state index contributed by atoms with van der Waals surface area (Å²) in [5.74, 6) is -1.42. The summed E-state index contributed by atoms with van der Waals surface area (Å²) >= 11 is 5.82. The minimum absolute atomic E-state index is 0.0927. The number of nitrogens with zero attached hydrogens (tertiary/aromatic N) is 4. The van der Waals surface area contributed by atoms with Crippen molar-refractivity contribution in [1.29, 1.82) is 0 Å². The number of carbonyl (C=O) groups excluding carboxylic acids is 2. The second kappa shape index (κ2) is 6.17. The second-order valence-corrected chi connectivity index (χ2v) is 6.48. The Morgan fingerprint density at radius 2 is 1.77 bits per heavy atom. The van der Waals surface area contributed by atoms with Gasteiger partial charge in [-0.1, -0.05) is 35.9 Å². The van der Waals surface area contributed by atoms with Gasteiger partial charge in [0.15, 0.2) is 12.1 Å². The molecule has 2 aliphatic rings. The predicted molar refractivity (Wildman–Crippen MR) is 94.6 cm³/mol. The third-order valence-corrected chi connectivity index (χ3v) is 4.84. The number of anilines is 2. The predicted octanol–water partition coefficient (Wildman–Crippen LogP) is 3.54. The van der Waals surface area contributed by atoms with Crippen LogP contribution in [0.25, 0.3) is 0 Å². The first-order valence-corrected chi connectivity index (χ1v) is 8.51. The summed E-state index contributed by atoms with van der Waals surface area (Å²) in [7, 11) is 0. The number of carbonyl (C=O) groups is 2. The summed E-state index contributed by atoms with van der Waals surface area (Å²) in [4.78, 5) is 26.7. The van der Waals surface area contributed by atoms with Crippen molar-refractivity contribution < 1.29 is 14.0 Å². The largest absolute Gasteiger partial charge is 0.271 e. The first-order valence-electron chi connectivity index (χ1n) is 8.13. The molecule has 0 bridgehead atoms. The van der Waals surface area contributed by atoms with E-state index in [4.69, 9.17) is 11.6 Å². The van der Waals surface area contributed by atoms with Crippen LogP contribution >= 0.6 is 11.6 Å². The highest BCUT2D eigenvalue weighted by molar-refractivity contribution is 6.31. The molecule has 0 N–H and O–H groups in total. The molecule has 2 atom stereocenters. The Labute approximate surface area is 153 Å². The Morgan fingerprint density at radius 1 is 1.08 bits per heavy atom. The number of aryl methyl sites for hydroxylation is 1. The van der Waals surface area contributed by atoms with Crippen molar-refractivity contribution in [2.24, 2.45) is 10.3 Å². The molecule has 8 heteroatoms. The third-order valence-electron chi connectivity index (χ3n) is 4.55. The molecule has 4 rings (SSSR count). The van der Waals surface area contributed by atoms with Crippen LogP contribution in [0.1, 0.15) is 12.5 Å². The van der Waals surface area contributed by atoms with E-state index in [-0.39, 0.29) is 5.02 Å². The van der Waals surface area contributed by atoms with Crippen molar-refractivity contribution in [1.82, 2.24) is 0 Å². The van der Waals surface area contributed by atoms with Crippen LogP contribution in [0.3, 0.4) is 0 Å². The van der Waals surface area contributed by atoms with Crippen LogP contribution in [0.2, 0.25) is 5.02 Å². The normalized spacial score (nSPS) is 21.7. The van der Waals surface area contributed by atoms with Gasteiger partial charge in [-0.25, -0.2) is 14.3 Å². The molecule has 0 spiro atoms. The summed E-state index contributed by atoms with van der Waals surface area (Å²) in [6.45, 7) is 2.03. The maximum absolute atomic E-state index is 13.4. The number of amides is 2. The van der Waals surface area contributed by atoms with Crippen molar-refractivity contribution >= 4 is 34.8 Å². The Bertz CT molecular complexity index is 931. The summed E-state index contributed by atoms with van der Waals surface area (Å²) in [6, 6.07) is 9.41. The van der Waals surface area contributed by atoms with Crippen LogP contribution in [-0.2, 0) is 16.0 Å². The first-order chi connectivity index (χ1) is 12.5. The van der Waals surface area contributed by atoms with Gasteiger partial charge in [0.1, 0.15) is 5.82 Å². The minimum atomic E-state index is -0.919. The number of rotatable bonds is 3. The molecule has 0 aliphatic carbocycles. The highest BCUT2D eigenvalue weighted by atomic mass is 35.5. The van der Waals surface area contributed by atoms with Crippen molar-refractivity contribution in [2.45, 2.75) is 25.4 Å². The maximum atomic E-state index is 13.4. The van der Waals surface area contributed by atoms with Crippen molar-refractivity contribution in [3.8, 4) is 0 Å². The van der Waals surface area contributed by atoms with Crippen LogP contribution in [0.15, 0.2) is 52.8 Å². The Kier molecular flexibility index (Phi) is 3.96. The summed E-state index contributed by atoms with van der Waals surface area (Å²) < 4.78 is 13.4. The Morgan fingerprint density at radius 3 is 2.42 bits per heavy atom. The Hall–Kier alpha value is -2.80. The molecule has 0 saturated carbocycles. The number of hydrogen-bond acceptors (Lipinski definition) is 5. The molecule has 2 heterocycles. The fourth-order valence-corrected chi connectivity index (χ4v) is 3.31. The first kappa shape index (κ1) is 16.7. The van der Waals surface area contributed by atoms with E-state index >= 15 is 0 Å². The van der Waals surface area contributed by atoms with E-state index in [0.717, 1.165) is 16.9 Å². The van der Waals surface area contributed by atoms with Gasteiger partial charge in [0.2, 0.25) is 0 Å². The van der Waals surface area contributed by atoms with Gasteiger partial charge < -0.3 is 0 Å². The van der Waals surface area contributed by atoms with Gasteiger partial charge in [-0.15, -0.1) is 0 Å². The third kappa shape index (κ3) is 2.47. The molecule has 1 saturated heterocycles. The fourth-order valence-electron chi connectivity index (χ4n) is 3.14. The van der Waals surface area contributed by atoms with E-state index in [1.807, 2.05) is 19.1 Å². The molecule has 132 valence electrons. The monoisotopic (exact) mass is 372 g/mol. The number of benzene rings is 2. The number of imide groups is 1. The zero-order valence-electron chi connectivity index (χ0n) is 13.8. The van der Waals surface area contributed by atoms with E-state index in [1.165, 1.54) is 23.2 Å². The van der Waals surface area contributed by atoms with Crippen LogP contribution in [0.4, 0.5) is 15.8 Å². The molecule has 2 amide bonds. The molecule has 2 aliphatic heterocycles. The van der Waals surface area contributed by atoms with Gasteiger partial charge in [-0.2, -0.15) is 5.11 Å². The zero-order chi connectivity index (χ0) is 18.4. The average Bonchev–Trinajstić information content (AvgIpc) is 3.18. The highest BCUT2D eigenvalue weighted by Gasteiger charge is 2.55. The molecule has 6 nitrogen and oxygen atoms in total. The van der Waals surface area contributed by atoms with E-state index in [9.17, 15) is 14.0 Å².